The Morgan fingerprint density at radius 1 is 0.805 bits per heavy atom. The molecule has 0 spiro atoms. The summed E-state index contributed by atoms with van der Waals surface area (Å²) in [5, 5.41) is 10.8. The van der Waals surface area contributed by atoms with Crippen molar-refractivity contribution < 1.29 is 52.7 Å². The lowest BCUT2D eigenvalue weighted by Crippen LogP contribution is -2.59. The van der Waals surface area contributed by atoms with Gasteiger partial charge in [0.1, 0.15) is 34.9 Å². The maximum Gasteiger partial charge on any atom is 0.303 e. The number of carbonyl (C=O) groups is 10. The Hall–Kier alpha value is -7.02. The Morgan fingerprint density at radius 3 is 2.07 bits per heavy atom. The maximum atomic E-state index is 14.9. The molecule has 5 N–H and O–H groups in total. The minimum atomic E-state index is -1.17. The number of amides is 9. The summed E-state index contributed by atoms with van der Waals surface area (Å²) in [4.78, 5) is 152. The number of likely N-dealkylation sites (tertiary alicyclic amines) is 1. The van der Waals surface area contributed by atoms with Gasteiger partial charge < -0.3 is 46.0 Å². The minimum absolute atomic E-state index is 0.0229. The van der Waals surface area contributed by atoms with Gasteiger partial charge in [-0.15, -0.1) is 23.1 Å². The van der Waals surface area contributed by atoms with Crippen molar-refractivity contribution in [2.45, 2.75) is 152 Å². The number of imide groups is 1. The highest BCUT2D eigenvalue weighted by Gasteiger charge is 2.39. The van der Waals surface area contributed by atoms with Crippen LogP contribution in [0.5, 0.6) is 0 Å². The van der Waals surface area contributed by atoms with Crippen LogP contribution in [0.25, 0.3) is 0 Å². The monoisotopic (exact) mass is 1240 g/mol. The molecule has 8 atom stereocenters. The van der Waals surface area contributed by atoms with E-state index in [2.05, 4.69) is 16.0 Å². The average molecular weight is 1240 g/mol. The van der Waals surface area contributed by atoms with Crippen molar-refractivity contribution in [1.29, 1.82) is 0 Å². The molecule has 0 radical (unpaired) electrons. The van der Waals surface area contributed by atoms with E-state index in [0.717, 1.165) is 46.1 Å². The molecule has 474 valence electrons. The van der Waals surface area contributed by atoms with E-state index in [1.807, 2.05) is 100 Å². The summed E-state index contributed by atoms with van der Waals surface area (Å²) in [6, 6.07) is 13.5. The second kappa shape index (κ2) is 33.9. The van der Waals surface area contributed by atoms with Crippen LogP contribution >= 0.6 is 23.1 Å². The van der Waals surface area contributed by atoms with E-state index in [-0.39, 0.29) is 111 Å². The number of thioether (sulfide) groups is 1. The predicted molar refractivity (Wildman–Crippen MR) is 333 cm³/mol. The molecule has 2 saturated heterocycles. The third-order valence-corrected chi connectivity index (χ3v) is 18.6. The molecule has 3 aliphatic rings. The molecule has 24 heteroatoms. The fourth-order valence-corrected chi connectivity index (χ4v) is 13.0. The number of thiazole rings is 1. The maximum absolute atomic E-state index is 14.9. The Bertz CT molecular complexity index is 2850. The zero-order valence-electron chi connectivity index (χ0n) is 51.7. The first-order valence-corrected chi connectivity index (χ1v) is 32.3. The van der Waals surface area contributed by atoms with Crippen molar-refractivity contribution in [2.24, 2.45) is 17.6 Å². The van der Waals surface area contributed by atoms with E-state index < -0.39 is 71.8 Å². The summed E-state index contributed by atoms with van der Waals surface area (Å²) >= 11 is 2.44. The molecule has 2 aromatic carbocycles. The van der Waals surface area contributed by atoms with Crippen LogP contribution in [0.3, 0.4) is 0 Å². The zero-order valence-corrected chi connectivity index (χ0v) is 53.3. The van der Waals surface area contributed by atoms with E-state index in [0.29, 0.717) is 43.7 Å². The quantitative estimate of drug-likeness (QED) is 0.0297. The third-order valence-electron chi connectivity index (χ3n) is 16.6. The Kier molecular flexibility index (Phi) is 26.9. The number of carbonyl (C=O) groups excluding carboxylic acids is 10. The Morgan fingerprint density at radius 2 is 1.45 bits per heavy atom. The number of likely N-dealkylation sites (N-methyl/N-ethyl adjacent to an activating group) is 3. The number of aromatic nitrogens is 1. The highest BCUT2D eigenvalue weighted by Crippen LogP contribution is 2.32. The summed E-state index contributed by atoms with van der Waals surface area (Å²) < 4.78 is 5.92. The van der Waals surface area contributed by atoms with Crippen LogP contribution in [0.4, 0.5) is 0 Å². The number of nitrogens with two attached hydrogens (primary N) is 1. The van der Waals surface area contributed by atoms with Crippen LogP contribution in [0.2, 0.25) is 0 Å². The number of hydrogen-bond acceptors (Lipinski definition) is 16. The molecule has 0 bridgehead atoms. The Labute approximate surface area is 520 Å². The van der Waals surface area contributed by atoms with Crippen molar-refractivity contribution in [1.82, 2.24) is 50.3 Å². The number of ether oxygens (including phenoxy) is 1. The minimum Gasteiger partial charge on any atom is -0.455 e. The first-order valence-electron chi connectivity index (χ1n) is 30.4. The molecular formula is C63H89N11O11S2. The standard InChI is InChI=1S/C63H89N11O11S2/c1-9-42(4)56(68-58(80)49-26-17-19-31-69(49)6)63(84)70(7)50(41(2)3)38-52(85-43(5)75)60-67-48(39-87-60)61(82)71(8)51(40-86-45-23-14-11-15-24-45)59(81)65-46(25-16-18-30-64)57(79)66-47(37-44-21-12-10-13-22-44)62(83)73-35-33-72(34-36-73)53(76)27-20-32-74-54(77)28-29-55(74)78/h10-15,21-24,28-29,39,41-42,46-47,49-52,56H,9,16-20,25-27,30-38,40,64H2,1-8H3,(H,65,81)(H,66,79)(H,68,80)/t42-,46+,47-,49+,50+,51-,52+,56?/m0/s1. The van der Waals surface area contributed by atoms with Crippen molar-refractivity contribution in [3.63, 3.8) is 0 Å². The summed E-state index contributed by atoms with van der Waals surface area (Å²) in [6.45, 7) is 11.2. The number of esters is 1. The molecule has 2 fully saturated rings. The molecule has 0 saturated carbocycles. The lowest BCUT2D eigenvalue weighted by molar-refractivity contribution is -0.149. The van der Waals surface area contributed by atoms with Gasteiger partial charge in [-0.3, -0.25) is 57.7 Å². The smallest absolute Gasteiger partial charge is 0.303 e. The summed E-state index contributed by atoms with van der Waals surface area (Å²) in [5.41, 5.74) is 6.67. The first kappa shape index (κ1) is 69.1. The van der Waals surface area contributed by atoms with Gasteiger partial charge in [0, 0.05) is 107 Å². The fraction of sp³-hybridized carbons (Fsp3) is 0.571. The van der Waals surface area contributed by atoms with Crippen LogP contribution in [-0.4, -0.2) is 202 Å². The predicted octanol–water partition coefficient (Wildman–Crippen LogP) is 4.59. The van der Waals surface area contributed by atoms with Crippen LogP contribution < -0.4 is 21.7 Å². The molecule has 1 unspecified atom stereocenters. The number of benzene rings is 2. The number of nitrogens with one attached hydrogen (secondary N) is 3. The van der Waals surface area contributed by atoms with Gasteiger partial charge in [-0.2, -0.15) is 0 Å². The largest absolute Gasteiger partial charge is 0.455 e. The summed E-state index contributed by atoms with van der Waals surface area (Å²) in [6.07, 6.45) is 6.49. The zero-order chi connectivity index (χ0) is 63.3. The molecular weight excluding hydrogens is 1150 g/mol. The highest BCUT2D eigenvalue weighted by atomic mass is 32.2. The van der Waals surface area contributed by atoms with Gasteiger partial charge in [0.15, 0.2) is 6.10 Å². The molecule has 3 aliphatic heterocycles. The second-order valence-corrected chi connectivity index (χ2v) is 25.1. The molecule has 0 aliphatic carbocycles. The van der Waals surface area contributed by atoms with Gasteiger partial charge >= 0.3 is 5.97 Å². The average Bonchev–Trinajstić information content (AvgIpc) is 3.88. The van der Waals surface area contributed by atoms with Crippen molar-refractivity contribution in [3.05, 3.63) is 94.5 Å². The van der Waals surface area contributed by atoms with Gasteiger partial charge in [-0.1, -0.05) is 89.1 Å². The lowest BCUT2D eigenvalue weighted by Gasteiger charge is -2.38. The molecule has 1 aromatic heterocycles. The SMILES string of the molecule is CC[C@H](C)C(NC(=O)[C@H]1CCCCN1C)C(=O)N(C)[C@H](C[C@@H](OC(C)=O)c1nc(C(=O)N(C)[C@@H](CSc2ccccc2)C(=O)N[C@H](CCCCN)C(=O)N[C@@H](Cc2ccccc2)C(=O)N2CCN(C(=O)CCCN3C(=O)C=CC3=O)CC2)cs1)C(C)C. The Balaban J connectivity index is 1.18. The summed E-state index contributed by atoms with van der Waals surface area (Å²) in [7, 11) is 5.10. The first-order chi connectivity index (χ1) is 41.6. The van der Waals surface area contributed by atoms with Gasteiger partial charge in [-0.05, 0) is 88.2 Å². The van der Waals surface area contributed by atoms with Gasteiger partial charge in [0.05, 0.1) is 6.04 Å². The molecule has 22 nitrogen and oxygen atoms in total. The van der Waals surface area contributed by atoms with E-state index in [9.17, 15) is 47.9 Å². The van der Waals surface area contributed by atoms with E-state index in [4.69, 9.17) is 15.5 Å². The molecule has 9 amide bonds. The molecule has 3 aromatic rings. The van der Waals surface area contributed by atoms with Crippen LogP contribution in [0.15, 0.2) is 83.1 Å². The number of piperazine rings is 1. The molecule has 4 heterocycles. The summed E-state index contributed by atoms with van der Waals surface area (Å²) in [5.74, 6) is -4.55. The number of nitrogens with zero attached hydrogens (tertiary/aromatic N) is 7. The fourth-order valence-electron chi connectivity index (χ4n) is 11.1. The van der Waals surface area contributed by atoms with Crippen LogP contribution in [0.1, 0.15) is 126 Å². The number of piperidine rings is 1. The molecule has 87 heavy (non-hydrogen) atoms. The normalized spacial score (nSPS) is 17.8. The van der Waals surface area contributed by atoms with Crippen molar-refractivity contribution in [2.75, 3.05) is 72.7 Å². The van der Waals surface area contributed by atoms with Gasteiger partial charge in [0.25, 0.3) is 17.7 Å². The van der Waals surface area contributed by atoms with Gasteiger partial charge in [0.2, 0.25) is 35.4 Å². The van der Waals surface area contributed by atoms with E-state index in [1.165, 1.54) is 48.2 Å². The highest BCUT2D eigenvalue weighted by molar-refractivity contribution is 7.99. The number of unbranched alkanes of at least 4 members (excludes halogenated alkanes) is 1. The van der Waals surface area contributed by atoms with E-state index in [1.54, 1.807) is 21.7 Å². The number of rotatable bonds is 31. The lowest BCUT2D eigenvalue weighted by atomic mass is 9.92. The molecule has 6 rings (SSSR count). The van der Waals surface area contributed by atoms with Crippen molar-refractivity contribution in [3.8, 4) is 0 Å². The van der Waals surface area contributed by atoms with E-state index >= 15 is 0 Å². The van der Waals surface area contributed by atoms with Gasteiger partial charge in [-0.25, -0.2) is 4.98 Å². The number of hydrogen-bond donors (Lipinski definition) is 4. The van der Waals surface area contributed by atoms with Crippen molar-refractivity contribution >= 4 is 82.2 Å². The van der Waals surface area contributed by atoms with Crippen LogP contribution in [-0.2, 0) is 54.3 Å². The second-order valence-electron chi connectivity index (χ2n) is 23.2. The van der Waals surface area contributed by atoms with Crippen LogP contribution in [0, 0.1) is 11.8 Å². The topological polar surface area (TPSA) is 274 Å². The third kappa shape index (κ3) is 19.7.